The fourth-order valence-electron chi connectivity index (χ4n) is 4.47. The van der Waals surface area contributed by atoms with Crippen molar-refractivity contribution in [3.05, 3.63) is 84.2 Å². The molecule has 2 N–H and O–H groups in total. The Labute approximate surface area is 188 Å². The van der Waals surface area contributed by atoms with Crippen LogP contribution in [0.1, 0.15) is 28.8 Å². The molecule has 4 rings (SSSR count). The van der Waals surface area contributed by atoms with Crippen LogP contribution >= 0.6 is 0 Å². The molecule has 1 aliphatic rings. The number of carbonyl (C=O) groups excluding carboxylic acids is 2. The maximum atomic E-state index is 13.2. The van der Waals surface area contributed by atoms with E-state index in [2.05, 4.69) is 11.1 Å². The van der Waals surface area contributed by atoms with E-state index in [0.717, 1.165) is 23.1 Å². The molecule has 0 spiro atoms. The lowest BCUT2D eigenvalue weighted by molar-refractivity contribution is -0.130. The van der Waals surface area contributed by atoms with Gasteiger partial charge in [-0.25, -0.2) is 0 Å². The first-order valence-electron chi connectivity index (χ1n) is 10.7. The SMILES string of the molecule is COc1cccc(C(=O)N2CCCC(Cc3cccc(-c4ccncc4)c3)(C(N)=O)C2)c1. The van der Waals surface area contributed by atoms with Crippen molar-refractivity contribution in [1.29, 1.82) is 0 Å². The van der Waals surface area contributed by atoms with Crippen molar-refractivity contribution in [2.75, 3.05) is 20.2 Å². The second-order valence-corrected chi connectivity index (χ2v) is 8.32. The van der Waals surface area contributed by atoms with Gasteiger partial charge < -0.3 is 15.4 Å². The van der Waals surface area contributed by atoms with Crippen molar-refractivity contribution in [1.82, 2.24) is 9.88 Å². The molecule has 164 valence electrons. The van der Waals surface area contributed by atoms with E-state index in [9.17, 15) is 9.59 Å². The minimum absolute atomic E-state index is 0.111. The summed E-state index contributed by atoms with van der Waals surface area (Å²) in [7, 11) is 1.57. The second-order valence-electron chi connectivity index (χ2n) is 8.32. The van der Waals surface area contributed by atoms with Gasteiger partial charge >= 0.3 is 0 Å². The molecule has 0 aliphatic carbocycles. The number of benzene rings is 2. The van der Waals surface area contributed by atoms with Gasteiger partial charge in [-0.15, -0.1) is 0 Å². The molecule has 1 atom stereocenters. The molecular weight excluding hydrogens is 402 g/mol. The zero-order valence-corrected chi connectivity index (χ0v) is 18.2. The van der Waals surface area contributed by atoms with Gasteiger partial charge in [0.05, 0.1) is 12.5 Å². The summed E-state index contributed by atoms with van der Waals surface area (Å²) in [6, 6.07) is 19.1. The maximum absolute atomic E-state index is 13.2. The zero-order valence-electron chi connectivity index (χ0n) is 18.2. The largest absolute Gasteiger partial charge is 0.497 e. The zero-order chi connectivity index (χ0) is 22.6. The number of carbonyl (C=O) groups is 2. The average Bonchev–Trinajstić information content (AvgIpc) is 2.84. The van der Waals surface area contributed by atoms with Crippen molar-refractivity contribution >= 4 is 11.8 Å². The van der Waals surface area contributed by atoms with Gasteiger partial charge in [-0.2, -0.15) is 0 Å². The molecule has 2 heterocycles. The highest BCUT2D eigenvalue weighted by atomic mass is 16.5. The summed E-state index contributed by atoms with van der Waals surface area (Å²) < 4.78 is 5.25. The van der Waals surface area contributed by atoms with Gasteiger partial charge in [0, 0.05) is 31.0 Å². The fraction of sp³-hybridized carbons (Fsp3) is 0.269. The molecule has 1 fully saturated rings. The molecule has 6 nitrogen and oxygen atoms in total. The third kappa shape index (κ3) is 4.49. The lowest BCUT2D eigenvalue weighted by Crippen LogP contribution is -2.53. The normalized spacial score (nSPS) is 18.2. The van der Waals surface area contributed by atoms with Crippen LogP contribution in [0.5, 0.6) is 5.75 Å². The van der Waals surface area contributed by atoms with Crippen LogP contribution in [0.25, 0.3) is 11.1 Å². The van der Waals surface area contributed by atoms with E-state index in [4.69, 9.17) is 10.5 Å². The van der Waals surface area contributed by atoms with Crippen LogP contribution in [-0.2, 0) is 11.2 Å². The number of nitrogens with two attached hydrogens (primary N) is 1. The van der Waals surface area contributed by atoms with Gasteiger partial charge in [-0.3, -0.25) is 14.6 Å². The number of rotatable bonds is 6. The first kappa shape index (κ1) is 21.6. The number of hydrogen-bond donors (Lipinski definition) is 1. The van der Waals surface area contributed by atoms with Gasteiger partial charge in [0.25, 0.3) is 5.91 Å². The summed E-state index contributed by atoms with van der Waals surface area (Å²) in [5.41, 5.74) is 8.83. The van der Waals surface area contributed by atoms with E-state index >= 15 is 0 Å². The molecular formula is C26H27N3O3. The van der Waals surface area contributed by atoms with Crippen LogP contribution in [0.3, 0.4) is 0 Å². The van der Waals surface area contributed by atoms with Crippen LogP contribution in [-0.4, -0.2) is 41.9 Å². The van der Waals surface area contributed by atoms with Crippen molar-refractivity contribution in [3.63, 3.8) is 0 Å². The van der Waals surface area contributed by atoms with Crippen molar-refractivity contribution in [3.8, 4) is 16.9 Å². The number of methoxy groups -OCH3 is 1. The van der Waals surface area contributed by atoms with E-state index in [-0.39, 0.29) is 11.8 Å². The first-order valence-corrected chi connectivity index (χ1v) is 10.7. The van der Waals surface area contributed by atoms with Gasteiger partial charge in [-0.05, 0) is 66.3 Å². The Morgan fingerprint density at radius 1 is 1.06 bits per heavy atom. The Morgan fingerprint density at radius 3 is 2.59 bits per heavy atom. The molecule has 1 aliphatic heterocycles. The van der Waals surface area contributed by atoms with Crippen LogP contribution in [0, 0.1) is 5.41 Å². The van der Waals surface area contributed by atoms with Crippen molar-refractivity contribution in [2.24, 2.45) is 11.1 Å². The quantitative estimate of drug-likeness (QED) is 0.647. The van der Waals surface area contributed by atoms with E-state index in [1.807, 2.05) is 30.3 Å². The Morgan fingerprint density at radius 2 is 1.84 bits per heavy atom. The van der Waals surface area contributed by atoms with E-state index in [0.29, 0.717) is 37.2 Å². The molecule has 2 aromatic carbocycles. The predicted octanol–water partition coefficient (Wildman–Crippen LogP) is 3.71. The van der Waals surface area contributed by atoms with Crippen molar-refractivity contribution in [2.45, 2.75) is 19.3 Å². The molecule has 1 aromatic heterocycles. The third-order valence-corrected chi connectivity index (χ3v) is 6.19. The number of primary amides is 1. The average molecular weight is 430 g/mol. The molecule has 3 aromatic rings. The Bertz CT molecular complexity index is 1120. The molecule has 1 unspecified atom stereocenters. The topological polar surface area (TPSA) is 85.5 Å². The first-order chi connectivity index (χ1) is 15.5. The van der Waals surface area contributed by atoms with Gasteiger partial charge in [0.1, 0.15) is 5.75 Å². The number of hydrogen-bond acceptors (Lipinski definition) is 4. The van der Waals surface area contributed by atoms with Gasteiger partial charge in [0.15, 0.2) is 0 Å². The molecule has 0 radical (unpaired) electrons. The highest BCUT2D eigenvalue weighted by molar-refractivity contribution is 5.95. The third-order valence-electron chi connectivity index (χ3n) is 6.19. The molecule has 0 saturated carbocycles. The Balaban J connectivity index is 1.58. The summed E-state index contributed by atoms with van der Waals surface area (Å²) in [5.74, 6) is 0.150. The monoisotopic (exact) mass is 429 g/mol. The minimum Gasteiger partial charge on any atom is -0.497 e. The summed E-state index contributed by atoms with van der Waals surface area (Å²) in [4.78, 5) is 31.7. The Kier molecular flexibility index (Phi) is 6.21. The molecule has 0 bridgehead atoms. The van der Waals surface area contributed by atoms with Crippen LogP contribution in [0.15, 0.2) is 73.1 Å². The van der Waals surface area contributed by atoms with Crippen molar-refractivity contribution < 1.29 is 14.3 Å². The molecule has 1 saturated heterocycles. The Hall–Kier alpha value is -3.67. The van der Waals surface area contributed by atoms with Crippen LogP contribution < -0.4 is 10.5 Å². The molecule has 2 amide bonds. The van der Waals surface area contributed by atoms with E-state index in [1.165, 1.54) is 0 Å². The number of aromatic nitrogens is 1. The molecule has 32 heavy (non-hydrogen) atoms. The summed E-state index contributed by atoms with van der Waals surface area (Å²) in [5, 5.41) is 0. The predicted molar refractivity (Wildman–Crippen MR) is 123 cm³/mol. The van der Waals surface area contributed by atoms with Gasteiger partial charge in [0.2, 0.25) is 5.91 Å². The number of pyridine rings is 1. The smallest absolute Gasteiger partial charge is 0.254 e. The number of likely N-dealkylation sites (tertiary alicyclic amines) is 1. The second kappa shape index (κ2) is 9.22. The lowest BCUT2D eigenvalue weighted by Gasteiger charge is -2.41. The fourth-order valence-corrected chi connectivity index (χ4v) is 4.47. The summed E-state index contributed by atoms with van der Waals surface area (Å²) in [6.45, 7) is 0.903. The summed E-state index contributed by atoms with van der Waals surface area (Å²) in [6.07, 6.45) is 5.39. The highest BCUT2D eigenvalue weighted by Gasteiger charge is 2.42. The number of amides is 2. The van der Waals surface area contributed by atoms with E-state index < -0.39 is 5.41 Å². The number of ether oxygens (including phenoxy) is 1. The highest BCUT2D eigenvalue weighted by Crippen LogP contribution is 2.35. The lowest BCUT2D eigenvalue weighted by atomic mass is 9.74. The minimum atomic E-state index is -0.802. The van der Waals surface area contributed by atoms with Crippen LogP contribution in [0.4, 0.5) is 0 Å². The van der Waals surface area contributed by atoms with Crippen LogP contribution in [0.2, 0.25) is 0 Å². The number of nitrogens with zero attached hydrogens (tertiary/aromatic N) is 2. The molecule has 6 heteroatoms. The number of piperidine rings is 1. The standard InChI is InChI=1S/C26H27N3O3/c1-32-23-8-3-7-22(16-23)24(30)29-14-4-11-26(18-29,25(27)31)17-19-5-2-6-21(15-19)20-9-12-28-13-10-20/h2-3,5-10,12-13,15-16H,4,11,14,17-18H2,1H3,(H2,27,31). The van der Waals surface area contributed by atoms with E-state index in [1.54, 1.807) is 48.7 Å². The maximum Gasteiger partial charge on any atom is 0.254 e. The summed E-state index contributed by atoms with van der Waals surface area (Å²) >= 11 is 0. The van der Waals surface area contributed by atoms with Gasteiger partial charge in [-0.1, -0.05) is 30.3 Å².